The Balaban J connectivity index is 1.41. The molecule has 6 nitrogen and oxygen atoms in total. The molecule has 2 aliphatic rings. The monoisotopic (exact) mass is 434 g/mol. The van der Waals surface area contributed by atoms with Crippen molar-refractivity contribution >= 4 is 34.4 Å². The van der Waals surface area contributed by atoms with Crippen molar-refractivity contribution in [3.8, 4) is 6.07 Å². The largest absolute Gasteiger partial charge is 0.441 e. The third kappa shape index (κ3) is 3.53. The van der Waals surface area contributed by atoms with E-state index < -0.39 is 5.60 Å². The van der Waals surface area contributed by atoms with Gasteiger partial charge in [0.1, 0.15) is 5.60 Å². The molecule has 0 unspecified atom stereocenters. The van der Waals surface area contributed by atoms with E-state index in [4.69, 9.17) is 16.3 Å². The molecule has 0 bridgehead atoms. The molecule has 2 fully saturated rings. The number of para-hydroxylation sites is 1. The lowest BCUT2D eigenvalue weighted by Gasteiger charge is -2.43. The van der Waals surface area contributed by atoms with Crippen LogP contribution in [0.2, 0.25) is 5.02 Å². The second kappa shape index (κ2) is 7.28. The van der Waals surface area contributed by atoms with Gasteiger partial charge in [0.25, 0.3) is 0 Å². The summed E-state index contributed by atoms with van der Waals surface area (Å²) in [6.07, 6.45) is 5.15. The van der Waals surface area contributed by atoms with Crippen LogP contribution in [-0.4, -0.2) is 27.8 Å². The second-order valence-electron chi connectivity index (χ2n) is 9.12. The van der Waals surface area contributed by atoms with Crippen LogP contribution in [0.5, 0.6) is 0 Å². The topological polar surface area (TPSA) is 71.2 Å². The maximum absolute atomic E-state index is 12.8. The van der Waals surface area contributed by atoms with Crippen molar-refractivity contribution < 1.29 is 9.53 Å². The Labute approximate surface area is 186 Å². The highest BCUT2D eigenvalue weighted by molar-refractivity contribution is 6.33. The summed E-state index contributed by atoms with van der Waals surface area (Å²) >= 11 is 6.35. The highest BCUT2D eigenvalue weighted by atomic mass is 35.5. The number of ether oxygens (including phenoxy) is 1. The average molecular weight is 435 g/mol. The first-order valence-electron chi connectivity index (χ1n) is 10.5. The van der Waals surface area contributed by atoms with E-state index in [1.165, 1.54) is 0 Å². The summed E-state index contributed by atoms with van der Waals surface area (Å²) < 4.78 is 8.13. The number of anilines is 1. The van der Waals surface area contributed by atoms with Crippen LogP contribution in [0.15, 0.2) is 48.8 Å². The van der Waals surface area contributed by atoms with Gasteiger partial charge in [0.2, 0.25) is 0 Å². The van der Waals surface area contributed by atoms with Crippen LogP contribution in [0, 0.1) is 16.7 Å². The number of benzene rings is 2. The molecule has 2 heterocycles. The van der Waals surface area contributed by atoms with Crippen LogP contribution in [0.1, 0.15) is 38.2 Å². The third-order valence-corrected chi connectivity index (χ3v) is 6.90. The van der Waals surface area contributed by atoms with Crippen molar-refractivity contribution in [1.29, 1.82) is 5.26 Å². The summed E-state index contributed by atoms with van der Waals surface area (Å²) in [5.41, 5.74) is 2.58. The minimum absolute atomic E-state index is 0.0642. The Hall–Kier alpha value is -3.04. The molecule has 2 aromatic carbocycles. The van der Waals surface area contributed by atoms with Crippen LogP contribution in [0.4, 0.5) is 10.5 Å². The number of nitrogens with zero attached hydrogens (tertiary/aromatic N) is 4. The molecular formula is C24H23ClN4O2. The van der Waals surface area contributed by atoms with E-state index in [1.807, 2.05) is 36.7 Å². The molecule has 5 rings (SSSR count). The summed E-state index contributed by atoms with van der Waals surface area (Å²) in [6, 6.07) is 15.1. The maximum atomic E-state index is 12.8. The molecule has 1 aromatic heterocycles. The van der Waals surface area contributed by atoms with Gasteiger partial charge in [-0.25, -0.2) is 9.78 Å². The quantitative estimate of drug-likeness (QED) is 0.542. The lowest BCUT2D eigenvalue weighted by Crippen LogP contribution is -2.45. The highest BCUT2D eigenvalue weighted by Crippen LogP contribution is 2.48. The van der Waals surface area contributed by atoms with Gasteiger partial charge >= 0.3 is 6.09 Å². The number of aromatic nitrogens is 2. The van der Waals surface area contributed by atoms with Gasteiger partial charge < -0.3 is 9.30 Å². The van der Waals surface area contributed by atoms with E-state index in [0.717, 1.165) is 43.3 Å². The molecule has 0 radical (unpaired) electrons. The average Bonchev–Trinajstić information content (AvgIpc) is 3.27. The first-order valence-corrected chi connectivity index (χ1v) is 10.9. The fourth-order valence-electron chi connectivity index (χ4n) is 5.29. The van der Waals surface area contributed by atoms with Gasteiger partial charge in [-0.15, -0.1) is 0 Å². The molecular weight excluding hydrogens is 412 g/mol. The molecule has 1 saturated carbocycles. The number of hydrogen-bond donors (Lipinski definition) is 0. The lowest BCUT2D eigenvalue weighted by molar-refractivity contribution is -0.0264. The Bertz CT molecular complexity index is 1220. The van der Waals surface area contributed by atoms with Gasteiger partial charge in [0.15, 0.2) is 0 Å². The maximum Gasteiger partial charge on any atom is 0.415 e. The normalized spacial score (nSPS) is 25.7. The van der Waals surface area contributed by atoms with Crippen LogP contribution < -0.4 is 4.90 Å². The molecule has 7 heteroatoms. The van der Waals surface area contributed by atoms with Gasteiger partial charge in [-0.2, -0.15) is 5.26 Å². The number of halogens is 1. The van der Waals surface area contributed by atoms with E-state index in [-0.39, 0.29) is 11.5 Å². The van der Waals surface area contributed by atoms with Crippen molar-refractivity contribution in [3.05, 3.63) is 59.4 Å². The number of rotatable bonds is 3. The lowest BCUT2D eigenvalue weighted by atomic mass is 9.68. The van der Waals surface area contributed by atoms with Gasteiger partial charge in [-0.05, 0) is 61.4 Å². The zero-order valence-corrected chi connectivity index (χ0v) is 18.1. The van der Waals surface area contributed by atoms with Crippen molar-refractivity contribution in [3.63, 3.8) is 0 Å². The van der Waals surface area contributed by atoms with Crippen molar-refractivity contribution in [1.82, 2.24) is 9.55 Å². The number of carbonyl (C=O) groups is 1. The van der Waals surface area contributed by atoms with Crippen molar-refractivity contribution in [2.75, 3.05) is 11.4 Å². The van der Waals surface area contributed by atoms with E-state index in [1.54, 1.807) is 17.0 Å². The molecule has 1 aliphatic heterocycles. The minimum Gasteiger partial charge on any atom is -0.441 e. The molecule has 158 valence electrons. The smallest absolute Gasteiger partial charge is 0.415 e. The fraction of sp³-hybridized carbons (Fsp3) is 0.375. The zero-order chi connectivity index (χ0) is 21.6. The SMILES string of the molecule is C[C@]1(Cn2cnc3ccc(C#N)cc32)CCC[C@@]2(CN(c3ccccc3Cl)C(=O)O2)C1. The standard InChI is InChI=1S/C24H23ClN4O2/c1-23(14-28-16-27-19-8-7-17(12-26)11-21(19)28)9-4-10-24(13-23)15-29(22(30)31-24)20-6-3-2-5-18(20)25/h2-3,5-8,11,16H,4,9-10,13-15H2,1H3/t23-,24-/m0/s1. The van der Waals surface area contributed by atoms with Crippen molar-refractivity contribution in [2.24, 2.45) is 5.41 Å². The number of carbonyl (C=O) groups excluding carboxylic acids is 1. The Kier molecular flexibility index (Phi) is 4.67. The van der Waals surface area contributed by atoms with Crippen LogP contribution in [0.3, 0.4) is 0 Å². The summed E-state index contributed by atoms with van der Waals surface area (Å²) in [4.78, 5) is 18.9. The molecule has 1 amide bonds. The number of hydrogen-bond acceptors (Lipinski definition) is 4. The summed E-state index contributed by atoms with van der Waals surface area (Å²) in [7, 11) is 0. The van der Waals surface area contributed by atoms with Crippen LogP contribution in [0.25, 0.3) is 11.0 Å². The summed E-state index contributed by atoms with van der Waals surface area (Å²) in [6.45, 7) is 3.51. The minimum atomic E-state index is -0.516. The summed E-state index contributed by atoms with van der Waals surface area (Å²) in [5.74, 6) is 0. The molecule has 1 saturated heterocycles. The van der Waals surface area contributed by atoms with Crippen LogP contribution in [-0.2, 0) is 11.3 Å². The molecule has 1 spiro atoms. The van der Waals surface area contributed by atoms with E-state index >= 15 is 0 Å². The van der Waals surface area contributed by atoms with Gasteiger partial charge in [-0.1, -0.05) is 30.7 Å². The molecule has 0 N–H and O–H groups in total. The Morgan fingerprint density at radius 2 is 2.10 bits per heavy atom. The predicted octanol–water partition coefficient (Wildman–Crippen LogP) is 5.54. The van der Waals surface area contributed by atoms with Gasteiger partial charge in [0, 0.05) is 6.54 Å². The van der Waals surface area contributed by atoms with E-state index in [0.29, 0.717) is 22.8 Å². The highest BCUT2D eigenvalue weighted by Gasteiger charge is 2.52. The predicted molar refractivity (Wildman–Crippen MR) is 119 cm³/mol. The summed E-state index contributed by atoms with van der Waals surface area (Å²) in [5, 5.41) is 9.81. The molecule has 3 aromatic rings. The Morgan fingerprint density at radius 1 is 1.26 bits per heavy atom. The number of nitriles is 1. The second-order valence-corrected chi connectivity index (χ2v) is 9.52. The molecule has 2 atom stereocenters. The number of fused-ring (bicyclic) bond motifs is 1. The molecule has 1 aliphatic carbocycles. The first-order chi connectivity index (χ1) is 14.9. The zero-order valence-electron chi connectivity index (χ0n) is 17.3. The van der Waals surface area contributed by atoms with Crippen LogP contribution >= 0.6 is 11.6 Å². The van der Waals surface area contributed by atoms with Gasteiger partial charge in [0.05, 0.1) is 46.2 Å². The third-order valence-electron chi connectivity index (χ3n) is 6.58. The van der Waals surface area contributed by atoms with Crippen molar-refractivity contribution in [2.45, 2.75) is 44.8 Å². The molecule has 31 heavy (non-hydrogen) atoms. The fourth-order valence-corrected chi connectivity index (χ4v) is 5.53. The number of imidazole rings is 1. The van der Waals surface area contributed by atoms with Gasteiger partial charge in [-0.3, -0.25) is 4.90 Å². The Morgan fingerprint density at radius 3 is 2.90 bits per heavy atom. The van der Waals surface area contributed by atoms with E-state index in [2.05, 4.69) is 22.5 Å². The first kappa shape index (κ1) is 19.9. The number of amides is 1. The van der Waals surface area contributed by atoms with E-state index in [9.17, 15) is 10.1 Å².